The van der Waals surface area contributed by atoms with E-state index in [0.29, 0.717) is 6.04 Å². The van der Waals surface area contributed by atoms with Crippen LogP contribution in [-0.4, -0.2) is 81.8 Å². The fraction of sp³-hybridized carbons (Fsp3) is 0.647. The van der Waals surface area contributed by atoms with Crippen molar-refractivity contribution in [1.82, 2.24) is 29.9 Å². The number of morpholine rings is 1. The summed E-state index contributed by atoms with van der Waals surface area (Å²) in [5.74, 6) is 1.71. The van der Waals surface area contributed by atoms with Gasteiger partial charge in [-0.2, -0.15) is 20.0 Å². The number of hydrogen-bond donors (Lipinski definition) is 1. The lowest BCUT2D eigenvalue weighted by Crippen LogP contribution is -2.41. The van der Waals surface area contributed by atoms with E-state index in [4.69, 9.17) is 9.72 Å². The minimum atomic E-state index is 0.460. The second-order valence-corrected chi connectivity index (χ2v) is 6.73. The van der Waals surface area contributed by atoms with Crippen molar-refractivity contribution in [2.75, 3.05) is 56.2 Å². The molecule has 2 fully saturated rings. The van der Waals surface area contributed by atoms with Gasteiger partial charge in [0.1, 0.15) is 5.82 Å². The molecule has 0 saturated carbocycles. The first-order valence-corrected chi connectivity index (χ1v) is 9.35. The number of piperidine rings is 1. The van der Waals surface area contributed by atoms with Crippen LogP contribution in [0.2, 0.25) is 0 Å². The van der Waals surface area contributed by atoms with Crippen LogP contribution in [-0.2, 0) is 11.3 Å². The summed E-state index contributed by atoms with van der Waals surface area (Å²) in [7, 11) is 0. The van der Waals surface area contributed by atoms with Gasteiger partial charge in [-0.05, 0) is 18.9 Å². The Kier molecular flexibility index (Phi) is 5.56. The third-order valence-corrected chi connectivity index (χ3v) is 4.96. The van der Waals surface area contributed by atoms with Gasteiger partial charge in [0.15, 0.2) is 0 Å². The lowest BCUT2D eigenvalue weighted by atomic mass is 10.1. The number of nitrogens with one attached hydrogen (secondary N) is 1. The van der Waals surface area contributed by atoms with E-state index in [1.54, 1.807) is 17.2 Å². The number of aromatic nitrogens is 5. The molecule has 2 aromatic heterocycles. The number of anilines is 2. The molecular weight excluding hydrogens is 332 g/mol. The van der Waals surface area contributed by atoms with Crippen LogP contribution in [0.3, 0.4) is 0 Å². The zero-order valence-electron chi connectivity index (χ0n) is 15.0. The van der Waals surface area contributed by atoms with Gasteiger partial charge in [-0.25, -0.2) is 4.98 Å². The first-order valence-electron chi connectivity index (χ1n) is 9.35. The van der Waals surface area contributed by atoms with E-state index in [9.17, 15) is 0 Å². The maximum absolute atomic E-state index is 5.40. The van der Waals surface area contributed by atoms with Crippen LogP contribution in [0.1, 0.15) is 12.8 Å². The summed E-state index contributed by atoms with van der Waals surface area (Å²) in [6.07, 6.45) is 7.52. The average Bonchev–Trinajstić information content (AvgIpc) is 3.22. The third kappa shape index (κ3) is 4.47. The lowest BCUT2D eigenvalue weighted by Gasteiger charge is -2.32. The van der Waals surface area contributed by atoms with E-state index in [1.165, 1.54) is 0 Å². The molecule has 2 aromatic rings. The number of nitrogens with zero attached hydrogens (tertiary/aromatic N) is 7. The van der Waals surface area contributed by atoms with Crippen LogP contribution in [0.5, 0.6) is 0 Å². The summed E-state index contributed by atoms with van der Waals surface area (Å²) in [4.78, 5) is 15.5. The Bertz CT molecular complexity index is 665. The highest BCUT2D eigenvalue weighted by Gasteiger charge is 2.20. The largest absolute Gasteiger partial charge is 0.378 e. The maximum Gasteiger partial charge on any atom is 0.227 e. The molecule has 0 spiro atoms. The van der Waals surface area contributed by atoms with Gasteiger partial charge in [-0.3, -0.25) is 0 Å². The molecule has 2 aliphatic heterocycles. The lowest BCUT2D eigenvalue weighted by molar-refractivity contribution is 0.122. The molecule has 26 heavy (non-hydrogen) atoms. The molecule has 0 radical (unpaired) electrons. The number of likely N-dealkylation sites (tertiary alicyclic amines) is 1. The molecule has 0 unspecified atom stereocenters. The molecular formula is C17H26N8O. The van der Waals surface area contributed by atoms with Crippen molar-refractivity contribution in [3.8, 4) is 0 Å². The minimum Gasteiger partial charge on any atom is -0.378 e. The Balaban J connectivity index is 1.25. The monoisotopic (exact) mass is 358 g/mol. The van der Waals surface area contributed by atoms with Gasteiger partial charge in [0.2, 0.25) is 5.95 Å². The topological polar surface area (TPSA) is 84.2 Å². The van der Waals surface area contributed by atoms with Gasteiger partial charge in [0.25, 0.3) is 0 Å². The van der Waals surface area contributed by atoms with Crippen molar-refractivity contribution in [3.63, 3.8) is 0 Å². The van der Waals surface area contributed by atoms with E-state index in [1.807, 2.05) is 12.3 Å². The summed E-state index contributed by atoms with van der Waals surface area (Å²) < 4.78 is 5.40. The SMILES string of the molecule is c1cc(NC2CCN(CCn3nccn3)CC2)nc(N2CCOCC2)n1. The predicted molar refractivity (Wildman–Crippen MR) is 98.2 cm³/mol. The highest BCUT2D eigenvalue weighted by molar-refractivity contribution is 5.42. The van der Waals surface area contributed by atoms with Crippen LogP contribution >= 0.6 is 0 Å². The average molecular weight is 358 g/mol. The Morgan fingerprint density at radius 2 is 1.77 bits per heavy atom. The van der Waals surface area contributed by atoms with Crippen molar-refractivity contribution in [1.29, 1.82) is 0 Å². The highest BCUT2D eigenvalue weighted by Crippen LogP contribution is 2.17. The fourth-order valence-electron chi connectivity index (χ4n) is 3.44. The summed E-state index contributed by atoms with van der Waals surface area (Å²) in [5.41, 5.74) is 0. The van der Waals surface area contributed by atoms with Gasteiger partial charge >= 0.3 is 0 Å². The van der Waals surface area contributed by atoms with Crippen molar-refractivity contribution < 1.29 is 4.74 Å². The normalized spacial score (nSPS) is 19.6. The van der Waals surface area contributed by atoms with E-state index < -0.39 is 0 Å². The second kappa shape index (κ2) is 8.41. The molecule has 2 aliphatic rings. The zero-order valence-corrected chi connectivity index (χ0v) is 15.0. The molecule has 140 valence electrons. The molecule has 0 bridgehead atoms. The van der Waals surface area contributed by atoms with Crippen molar-refractivity contribution in [2.45, 2.75) is 25.4 Å². The fourth-order valence-corrected chi connectivity index (χ4v) is 3.44. The number of ether oxygens (including phenoxy) is 1. The molecule has 9 heteroatoms. The highest BCUT2D eigenvalue weighted by atomic mass is 16.5. The Morgan fingerprint density at radius 3 is 2.54 bits per heavy atom. The van der Waals surface area contributed by atoms with E-state index in [2.05, 4.69) is 30.3 Å². The quantitative estimate of drug-likeness (QED) is 0.798. The summed E-state index contributed by atoms with van der Waals surface area (Å²) in [6, 6.07) is 2.42. The van der Waals surface area contributed by atoms with E-state index >= 15 is 0 Å². The number of rotatable bonds is 6. The van der Waals surface area contributed by atoms with Crippen LogP contribution in [0.25, 0.3) is 0 Å². The van der Waals surface area contributed by atoms with E-state index in [-0.39, 0.29) is 0 Å². The van der Waals surface area contributed by atoms with Crippen molar-refractivity contribution in [3.05, 3.63) is 24.7 Å². The smallest absolute Gasteiger partial charge is 0.227 e. The molecule has 0 atom stereocenters. The Morgan fingerprint density at radius 1 is 1.00 bits per heavy atom. The molecule has 2 saturated heterocycles. The standard InChI is InChI=1S/C17H26N8O/c1-4-18-17(24-11-13-26-14-12-24)22-16(1)21-15-2-7-23(8-3-15)9-10-25-19-5-6-20-25/h1,4-6,15H,2-3,7-14H2,(H,18,21,22). The van der Waals surface area contributed by atoms with Crippen LogP contribution in [0.4, 0.5) is 11.8 Å². The van der Waals surface area contributed by atoms with Gasteiger partial charge < -0.3 is 19.9 Å². The Labute approximate surface area is 153 Å². The van der Waals surface area contributed by atoms with Crippen molar-refractivity contribution >= 4 is 11.8 Å². The molecule has 4 heterocycles. The minimum absolute atomic E-state index is 0.460. The van der Waals surface area contributed by atoms with Crippen molar-refractivity contribution in [2.24, 2.45) is 0 Å². The Hall–Kier alpha value is -2.26. The molecule has 9 nitrogen and oxygen atoms in total. The van der Waals surface area contributed by atoms with Gasteiger partial charge in [-0.15, -0.1) is 0 Å². The van der Waals surface area contributed by atoms with Gasteiger partial charge in [-0.1, -0.05) is 0 Å². The summed E-state index contributed by atoms with van der Waals surface area (Å²) >= 11 is 0. The maximum atomic E-state index is 5.40. The molecule has 4 rings (SSSR count). The second-order valence-electron chi connectivity index (χ2n) is 6.73. The number of hydrogen-bond acceptors (Lipinski definition) is 8. The molecule has 0 amide bonds. The van der Waals surface area contributed by atoms with Crippen LogP contribution < -0.4 is 10.2 Å². The van der Waals surface area contributed by atoms with Gasteiger partial charge in [0, 0.05) is 45.0 Å². The van der Waals surface area contributed by atoms with Crippen LogP contribution in [0, 0.1) is 0 Å². The first kappa shape index (κ1) is 17.2. The summed E-state index contributed by atoms with van der Waals surface area (Å²) in [5, 5.41) is 11.9. The van der Waals surface area contributed by atoms with E-state index in [0.717, 1.165) is 77.1 Å². The van der Waals surface area contributed by atoms with Gasteiger partial charge in [0.05, 0.1) is 32.2 Å². The predicted octanol–water partition coefficient (Wildman–Crippen LogP) is 0.481. The molecule has 0 aliphatic carbocycles. The molecule has 0 aromatic carbocycles. The van der Waals surface area contributed by atoms with Crippen LogP contribution in [0.15, 0.2) is 24.7 Å². The zero-order chi connectivity index (χ0) is 17.6. The first-order chi connectivity index (χ1) is 12.9. The summed E-state index contributed by atoms with van der Waals surface area (Å²) in [6.45, 7) is 7.21. The molecule has 1 N–H and O–H groups in total. The third-order valence-electron chi connectivity index (χ3n) is 4.96.